The molecule has 5 nitrogen and oxygen atoms in total. The molecule has 1 N–H and O–H groups in total. The van der Waals surface area contributed by atoms with Crippen LogP contribution in [0, 0.1) is 5.82 Å². The average molecular weight is 347 g/mol. The van der Waals surface area contributed by atoms with Crippen molar-refractivity contribution in [2.45, 2.75) is 0 Å². The number of likely N-dealkylation sites (N-methyl/N-ethyl adjacent to an activating group) is 1. The Kier molecular flexibility index (Phi) is 6.09. The van der Waals surface area contributed by atoms with E-state index in [2.05, 4.69) is 15.9 Å². The SMILES string of the molecule is CN(C)CCN(CC(=O)O)C(=O)c1ccc(Br)cc1F. The number of carboxylic acid groups (broad SMARTS) is 1. The van der Waals surface area contributed by atoms with Gasteiger partial charge < -0.3 is 14.9 Å². The van der Waals surface area contributed by atoms with E-state index in [1.54, 1.807) is 6.07 Å². The van der Waals surface area contributed by atoms with Crippen LogP contribution in [-0.2, 0) is 4.79 Å². The number of carboxylic acids is 1. The molecular weight excluding hydrogens is 331 g/mol. The second-order valence-corrected chi connectivity index (χ2v) is 5.46. The number of carbonyl (C=O) groups is 2. The summed E-state index contributed by atoms with van der Waals surface area (Å²) < 4.78 is 14.3. The third kappa shape index (κ3) is 4.90. The van der Waals surface area contributed by atoms with Gasteiger partial charge in [0.05, 0.1) is 5.56 Å². The molecule has 110 valence electrons. The first kappa shape index (κ1) is 16.6. The number of amides is 1. The van der Waals surface area contributed by atoms with Gasteiger partial charge >= 0.3 is 5.97 Å². The minimum absolute atomic E-state index is 0.131. The van der Waals surface area contributed by atoms with Crippen LogP contribution in [0.1, 0.15) is 10.4 Å². The van der Waals surface area contributed by atoms with Gasteiger partial charge in [-0.2, -0.15) is 0 Å². The van der Waals surface area contributed by atoms with Crippen LogP contribution in [0.15, 0.2) is 22.7 Å². The monoisotopic (exact) mass is 346 g/mol. The molecule has 0 fully saturated rings. The Bertz CT molecular complexity index is 508. The Labute approximate surface area is 125 Å². The first-order valence-electron chi connectivity index (χ1n) is 5.92. The smallest absolute Gasteiger partial charge is 0.323 e. The maximum Gasteiger partial charge on any atom is 0.323 e. The summed E-state index contributed by atoms with van der Waals surface area (Å²) in [6, 6.07) is 4.06. The number of rotatable bonds is 6. The summed E-state index contributed by atoms with van der Waals surface area (Å²) >= 11 is 3.11. The Balaban J connectivity index is 2.93. The molecule has 7 heteroatoms. The molecule has 0 aliphatic carbocycles. The lowest BCUT2D eigenvalue weighted by atomic mass is 10.2. The van der Waals surface area contributed by atoms with E-state index in [0.29, 0.717) is 11.0 Å². The largest absolute Gasteiger partial charge is 0.480 e. The van der Waals surface area contributed by atoms with Crippen molar-refractivity contribution in [1.82, 2.24) is 9.80 Å². The third-order valence-corrected chi connectivity index (χ3v) is 3.09. The van der Waals surface area contributed by atoms with E-state index in [0.717, 1.165) is 4.90 Å². The summed E-state index contributed by atoms with van der Waals surface area (Å²) in [6.45, 7) is 0.257. The van der Waals surface area contributed by atoms with Crippen LogP contribution in [0.4, 0.5) is 4.39 Å². The van der Waals surface area contributed by atoms with Crippen LogP contribution in [0.3, 0.4) is 0 Å². The van der Waals surface area contributed by atoms with Gasteiger partial charge in [-0.15, -0.1) is 0 Å². The van der Waals surface area contributed by atoms with Crippen molar-refractivity contribution in [3.8, 4) is 0 Å². The second-order valence-electron chi connectivity index (χ2n) is 4.55. The highest BCUT2D eigenvalue weighted by Crippen LogP contribution is 2.17. The second kappa shape index (κ2) is 7.35. The fourth-order valence-electron chi connectivity index (χ4n) is 1.57. The molecule has 0 saturated heterocycles. The first-order chi connectivity index (χ1) is 9.31. The third-order valence-electron chi connectivity index (χ3n) is 2.59. The molecule has 0 radical (unpaired) electrons. The van der Waals surface area contributed by atoms with Crippen LogP contribution in [0.2, 0.25) is 0 Å². The molecule has 1 amide bonds. The van der Waals surface area contributed by atoms with Gasteiger partial charge in [0.15, 0.2) is 0 Å². The van der Waals surface area contributed by atoms with Crippen LogP contribution in [0.5, 0.6) is 0 Å². The molecule has 0 spiro atoms. The van der Waals surface area contributed by atoms with Crippen LogP contribution < -0.4 is 0 Å². The van der Waals surface area contributed by atoms with Crippen molar-refractivity contribution in [2.75, 3.05) is 33.7 Å². The average Bonchev–Trinajstić information content (AvgIpc) is 2.33. The molecule has 0 aliphatic heterocycles. The van der Waals surface area contributed by atoms with Crippen LogP contribution in [-0.4, -0.2) is 60.5 Å². The van der Waals surface area contributed by atoms with Gasteiger partial charge in [-0.1, -0.05) is 15.9 Å². The molecule has 20 heavy (non-hydrogen) atoms. The standard InChI is InChI=1S/C13H16BrFN2O3/c1-16(2)5-6-17(8-12(18)19)13(20)10-4-3-9(14)7-11(10)15/h3-4,7H,5-6,8H2,1-2H3,(H,18,19). The number of benzene rings is 1. The number of halogens is 2. The van der Waals surface area contributed by atoms with E-state index in [1.807, 2.05) is 19.0 Å². The van der Waals surface area contributed by atoms with Gasteiger partial charge in [-0.05, 0) is 32.3 Å². The molecule has 1 aromatic rings. The van der Waals surface area contributed by atoms with Crippen molar-refractivity contribution in [2.24, 2.45) is 0 Å². The lowest BCUT2D eigenvalue weighted by Gasteiger charge is -2.23. The van der Waals surface area contributed by atoms with E-state index < -0.39 is 24.2 Å². The van der Waals surface area contributed by atoms with Crippen LogP contribution in [0.25, 0.3) is 0 Å². The lowest BCUT2D eigenvalue weighted by Crippen LogP contribution is -2.40. The van der Waals surface area contributed by atoms with Gasteiger partial charge in [0, 0.05) is 17.6 Å². The molecule has 0 atom stereocenters. The Morgan fingerprint density at radius 3 is 2.45 bits per heavy atom. The highest BCUT2D eigenvalue weighted by atomic mass is 79.9. The predicted octanol–water partition coefficient (Wildman–Crippen LogP) is 1.68. The molecular formula is C13H16BrFN2O3. The lowest BCUT2D eigenvalue weighted by molar-refractivity contribution is -0.137. The predicted molar refractivity (Wildman–Crippen MR) is 76.2 cm³/mol. The van der Waals surface area contributed by atoms with E-state index in [4.69, 9.17) is 5.11 Å². The normalized spacial score (nSPS) is 10.7. The number of aliphatic carboxylic acids is 1. The zero-order valence-corrected chi connectivity index (χ0v) is 12.9. The summed E-state index contributed by atoms with van der Waals surface area (Å²) in [5.41, 5.74) is -0.131. The Morgan fingerprint density at radius 1 is 1.30 bits per heavy atom. The quantitative estimate of drug-likeness (QED) is 0.851. The summed E-state index contributed by atoms with van der Waals surface area (Å²) in [5.74, 6) is -2.43. The highest BCUT2D eigenvalue weighted by molar-refractivity contribution is 9.10. The summed E-state index contributed by atoms with van der Waals surface area (Å²) in [5, 5.41) is 8.85. The summed E-state index contributed by atoms with van der Waals surface area (Å²) in [4.78, 5) is 26.0. The van der Waals surface area contributed by atoms with Gasteiger partial charge in [0.2, 0.25) is 0 Å². The van der Waals surface area contributed by atoms with Crippen molar-refractivity contribution < 1.29 is 19.1 Å². The topological polar surface area (TPSA) is 60.9 Å². The fraction of sp³-hybridized carbons (Fsp3) is 0.385. The maximum absolute atomic E-state index is 13.8. The van der Waals surface area contributed by atoms with E-state index in [9.17, 15) is 14.0 Å². The zero-order chi connectivity index (χ0) is 15.3. The van der Waals surface area contributed by atoms with Crippen LogP contribution >= 0.6 is 15.9 Å². The molecule has 0 aromatic heterocycles. The zero-order valence-electron chi connectivity index (χ0n) is 11.3. The Morgan fingerprint density at radius 2 is 1.95 bits per heavy atom. The molecule has 1 rings (SSSR count). The summed E-state index contributed by atoms with van der Waals surface area (Å²) in [6.07, 6.45) is 0. The molecule has 0 saturated carbocycles. The van der Waals surface area contributed by atoms with E-state index >= 15 is 0 Å². The first-order valence-corrected chi connectivity index (χ1v) is 6.71. The number of hydrogen-bond donors (Lipinski definition) is 1. The minimum Gasteiger partial charge on any atom is -0.480 e. The Hall–Kier alpha value is -1.47. The minimum atomic E-state index is -1.13. The van der Waals surface area contributed by atoms with Crippen molar-refractivity contribution in [3.05, 3.63) is 34.1 Å². The molecule has 0 aliphatic rings. The molecule has 0 heterocycles. The van der Waals surface area contributed by atoms with Crippen molar-refractivity contribution in [1.29, 1.82) is 0 Å². The van der Waals surface area contributed by atoms with E-state index in [-0.39, 0.29) is 12.1 Å². The van der Waals surface area contributed by atoms with Gasteiger partial charge in [-0.3, -0.25) is 9.59 Å². The van der Waals surface area contributed by atoms with Crippen molar-refractivity contribution in [3.63, 3.8) is 0 Å². The van der Waals surface area contributed by atoms with Crippen molar-refractivity contribution >= 4 is 27.8 Å². The van der Waals surface area contributed by atoms with Gasteiger partial charge in [0.1, 0.15) is 12.4 Å². The number of carbonyl (C=O) groups excluding carboxylic acids is 1. The van der Waals surface area contributed by atoms with E-state index in [1.165, 1.54) is 12.1 Å². The van der Waals surface area contributed by atoms with Gasteiger partial charge in [0.25, 0.3) is 5.91 Å². The number of nitrogens with zero attached hydrogens (tertiary/aromatic N) is 2. The molecule has 0 unspecified atom stereocenters. The fourth-order valence-corrected chi connectivity index (χ4v) is 1.90. The number of hydrogen-bond acceptors (Lipinski definition) is 3. The summed E-state index contributed by atoms with van der Waals surface area (Å²) in [7, 11) is 3.62. The maximum atomic E-state index is 13.8. The highest BCUT2D eigenvalue weighted by Gasteiger charge is 2.21. The molecule has 1 aromatic carbocycles. The molecule has 0 bridgehead atoms. The van der Waals surface area contributed by atoms with Gasteiger partial charge in [-0.25, -0.2) is 4.39 Å².